The van der Waals surface area contributed by atoms with Crippen molar-refractivity contribution < 1.29 is 27.4 Å². The lowest BCUT2D eigenvalue weighted by atomic mass is 10.3. The number of rotatable bonds is 4. The fourth-order valence-corrected chi connectivity index (χ4v) is 1.62. The van der Waals surface area contributed by atoms with Gasteiger partial charge in [-0.15, -0.1) is 10.2 Å². The molecule has 128 valence electrons. The van der Waals surface area contributed by atoms with E-state index in [1.807, 2.05) is 0 Å². The average molecular weight is 343 g/mol. The van der Waals surface area contributed by atoms with Crippen LogP contribution in [0, 0.1) is 0 Å². The van der Waals surface area contributed by atoms with E-state index >= 15 is 0 Å². The van der Waals surface area contributed by atoms with Crippen LogP contribution in [0.3, 0.4) is 0 Å². The zero-order valence-corrected chi connectivity index (χ0v) is 12.8. The molecule has 0 saturated heterocycles. The van der Waals surface area contributed by atoms with E-state index in [1.165, 1.54) is 27.3 Å². The Morgan fingerprint density at radius 3 is 2.08 bits per heavy atom. The third-order valence-electron chi connectivity index (χ3n) is 2.88. The summed E-state index contributed by atoms with van der Waals surface area (Å²) in [6.45, 7) is 0. The molecule has 0 unspecified atom stereocenters. The fourth-order valence-electron chi connectivity index (χ4n) is 1.62. The van der Waals surface area contributed by atoms with Gasteiger partial charge in [0.25, 0.3) is 5.91 Å². The maximum atomic E-state index is 12.5. The number of hydrogen-bond acceptors (Lipinski definition) is 7. The molecule has 0 aromatic carbocycles. The van der Waals surface area contributed by atoms with E-state index < -0.39 is 17.8 Å². The second-order valence-electron chi connectivity index (χ2n) is 4.41. The lowest BCUT2D eigenvalue weighted by molar-refractivity contribution is -0.141. The number of methoxy groups -OCH3 is 2. The van der Waals surface area contributed by atoms with Crippen molar-refractivity contribution in [3.05, 3.63) is 29.7 Å². The van der Waals surface area contributed by atoms with Crippen LogP contribution in [0.5, 0.6) is 11.8 Å². The summed E-state index contributed by atoms with van der Waals surface area (Å²) >= 11 is 0. The fraction of sp³-hybridized carbons (Fsp3) is 0.308. The topological polar surface area (TPSA) is 90.3 Å². The molecule has 0 aliphatic heterocycles. The minimum atomic E-state index is -4.61. The molecule has 0 spiro atoms. The van der Waals surface area contributed by atoms with Gasteiger partial charge in [0.05, 0.1) is 20.3 Å². The van der Waals surface area contributed by atoms with Gasteiger partial charge in [0.1, 0.15) is 0 Å². The number of nitrogens with zero attached hydrogens (tertiary/aromatic N) is 5. The van der Waals surface area contributed by atoms with Crippen LogP contribution in [0.15, 0.2) is 18.2 Å². The zero-order chi connectivity index (χ0) is 17.9. The highest BCUT2D eigenvalue weighted by Gasteiger charge is 2.33. The molecule has 2 aromatic rings. The van der Waals surface area contributed by atoms with Gasteiger partial charge >= 0.3 is 6.18 Å². The smallest absolute Gasteiger partial charge is 0.435 e. The summed E-state index contributed by atoms with van der Waals surface area (Å²) in [6.07, 6.45) is -4.61. The van der Waals surface area contributed by atoms with Crippen molar-refractivity contribution in [2.24, 2.45) is 0 Å². The molecule has 1 amide bonds. The van der Waals surface area contributed by atoms with E-state index in [-0.39, 0.29) is 23.4 Å². The quantitative estimate of drug-likeness (QED) is 0.832. The van der Waals surface area contributed by atoms with Crippen molar-refractivity contribution in [2.45, 2.75) is 6.18 Å². The van der Waals surface area contributed by atoms with E-state index in [1.54, 1.807) is 0 Å². The first-order valence-corrected chi connectivity index (χ1v) is 6.42. The Kier molecular flexibility index (Phi) is 4.81. The molecular weight excluding hydrogens is 331 g/mol. The molecule has 0 saturated carbocycles. The number of hydrogen-bond donors (Lipinski definition) is 0. The van der Waals surface area contributed by atoms with E-state index in [0.717, 1.165) is 17.0 Å². The second kappa shape index (κ2) is 6.64. The molecule has 0 radical (unpaired) electrons. The van der Waals surface area contributed by atoms with Gasteiger partial charge in [-0.05, 0) is 12.1 Å². The summed E-state index contributed by atoms with van der Waals surface area (Å²) in [7, 11) is 4.00. The minimum absolute atomic E-state index is 0.0945. The van der Waals surface area contributed by atoms with Crippen LogP contribution >= 0.6 is 0 Å². The van der Waals surface area contributed by atoms with Crippen LogP contribution in [-0.2, 0) is 6.18 Å². The number of amides is 1. The van der Waals surface area contributed by atoms with Crippen molar-refractivity contribution in [3.63, 3.8) is 0 Å². The van der Waals surface area contributed by atoms with Crippen LogP contribution in [-0.4, -0.2) is 47.3 Å². The average Bonchev–Trinajstić information content (AvgIpc) is 2.59. The normalized spacial score (nSPS) is 11.1. The minimum Gasteiger partial charge on any atom is -0.481 e. The molecule has 24 heavy (non-hydrogen) atoms. The third-order valence-corrected chi connectivity index (χ3v) is 2.88. The molecule has 2 heterocycles. The van der Waals surface area contributed by atoms with Crippen molar-refractivity contribution in [1.29, 1.82) is 0 Å². The highest BCUT2D eigenvalue weighted by atomic mass is 19.4. The van der Waals surface area contributed by atoms with Crippen LogP contribution in [0.1, 0.15) is 16.3 Å². The molecule has 0 bridgehead atoms. The highest BCUT2D eigenvalue weighted by molar-refractivity contribution is 6.02. The Balaban J connectivity index is 2.29. The standard InChI is InChI=1S/C13H12F3N5O3/c1-21(8-5-4-7(19-20-8)13(14,15)16)12(22)11-17-9(23-2)6-10(18-11)24-3/h4-6H,1-3H3. The highest BCUT2D eigenvalue weighted by Crippen LogP contribution is 2.27. The molecule has 0 fully saturated rings. The molecule has 0 N–H and O–H groups in total. The van der Waals surface area contributed by atoms with Crippen LogP contribution in [0.4, 0.5) is 19.0 Å². The summed E-state index contributed by atoms with van der Waals surface area (Å²) < 4.78 is 47.3. The first kappa shape index (κ1) is 17.4. The van der Waals surface area contributed by atoms with E-state index in [2.05, 4.69) is 20.2 Å². The first-order chi connectivity index (χ1) is 11.3. The van der Waals surface area contributed by atoms with Crippen molar-refractivity contribution in [2.75, 3.05) is 26.2 Å². The number of carbonyl (C=O) groups excluding carboxylic acids is 1. The van der Waals surface area contributed by atoms with Crippen molar-refractivity contribution in [3.8, 4) is 11.8 Å². The number of carbonyl (C=O) groups is 1. The molecule has 0 aliphatic rings. The van der Waals surface area contributed by atoms with Crippen molar-refractivity contribution >= 4 is 11.7 Å². The van der Waals surface area contributed by atoms with Crippen LogP contribution < -0.4 is 14.4 Å². The van der Waals surface area contributed by atoms with E-state index in [0.29, 0.717) is 0 Å². The molecule has 0 atom stereocenters. The Morgan fingerprint density at radius 2 is 1.67 bits per heavy atom. The van der Waals surface area contributed by atoms with Gasteiger partial charge in [0.2, 0.25) is 17.6 Å². The Bertz CT molecular complexity index is 714. The van der Waals surface area contributed by atoms with Crippen LogP contribution in [0.2, 0.25) is 0 Å². The summed E-state index contributed by atoms with van der Waals surface area (Å²) in [5.41, 5.74) is -1.16. The second-order valence-corrected chi connectivity index (χ2v) is 4.41. The Labute approximate surface area is 134 Å². The van der Waals surface area contributed by atoms with Gasteiger partial charge in [0, 0.05) is 7.05 Å². The molecule has 2 rings (SSSR count). The van der Waals surface area contributed by atoms with Crippen LogP contribution in [0.25, 0.3) is 0 Å². The molecule has 8 nitrogen and oxygen atoms in total. The number of alkyl halides is 3. The van der Waals surface area contributed by atoms with E-state index in [4.69, 9.17) is 9.47 Å². The summed E-state index contributed by atoms with van der Waals surface area (Å²) in [5, 5.41) is 6.45. The molecule has 0 aliphatic carbocycles. The number of halogens is 3. The van der Waals surface area contributed by atoms with Gasteiger partial charge in [-0.2, -0.15) is 23.1 Å². The van der Waals surface area contributed by atoms with Crippen molar-refractivity contribution in [1.82, 2.24) is 20.2 Å². The number of ether oxygens (including phenoxy) is 2. The van der Waals surface area contributed by atoms with Gasteiger partial charge in [0.15, 0.2) is 11.5 Å². The molecular formula is C13H12F3N5O3. The Hall–Kier alpha value is -2.98. The largest absolute Gasteiger partial charge is 0.481 e. The van der Waals surface area contributed by atoms with Gasteiger partial charge in [-0.25, -0.2) is 0 Å². The predicted molar refractivity (Wildman–Crippen MR) is 74.9 cm³/mol. The lowest BCUT2D eigenvalue weighted by Crippen LogP contribution is -2.29. The summed E-state index contributed by atoms with van der Waals surface area (Å²) in [6, 6.07) is 3.11. The Morgan fingerprint density at radius 1 is 1.08 bits per heavy atom. The number of anilines is 1. The van der Waals surface area contributed by atoms with E-state index in [9.17, 15) is 18.0 Å². The first-order valence-electron chi connectivity index (χ1n) is 6.42. The maximum absolute atomic E-state index is 12.5. The van der Waals surface area contributed by atoms with Gasteiger partial charge in [-0.1, -0.05) is 0 Å². The molecule has 11 heteroatoms. The SMILES string of the molecule is COc1cc(OC)nc(C(=O)N(C)c2ccc(C(F)(F)F)nn2)n1. The predicted octanol–water partition coefficient (Wildman–Crippen LogP) is 1.58. The molecule has 2 aromatic heterocycles. The summed E-state index contributed by atoms with van der Waals surface area (Å²) in [5.74, 6) is -0.899. The zero-order valence-electron chi connectivity index (χ0n) is 12.8. The summed E-state index contributed by atoms with van der Waals surface area (Å²) in [4.78, 5) is 21.1. The third kappa shape index (κ3) is 3.67. The van der Waals surface area contributed by atoms with Gasteiger partial charge < -0.3 is 9.47 Å². The maximum Gasteiger partial charge on any atom is 0.435 e. The lowest BCUT2D eigenvalue weighted by Gasteiger charge is -2.15. The number of aromatic nitrogens is 4. The van der Waals surface area contributed by atoms with Gasteiger partial charge in [-0.3, -0.25) is 9.69 Å². The monoisotopic (exact) mass is 343 g/mol.